The number of anilines is 1. The molecule has 0 saturated heterocycles. The Balaban J connectivity index is 1.27. The van der Waals surface area contributed by atoms with Gasteiger partial charge in [0, 0.05) is 38.2 Å². The smallest absolute Gasteiger partial charge is 0.407 e. The van der Waals surface area contributed by atoms with E-state index in [2.05, 4.69) is 25.6 Å². The van der Waals surface area contributed by atoms with Crippen molar-refractivity contribution >= 4 is 39.5 Å². The number of amides is 3. The SMILES string of the molecule is COCCN(Cc1ccc(-c2cc3nccc(Oc4ccc(NC(=O)NC5CC5)nc4)c3s2)nc1)C(=O)O. The molecular weight excluding hydrogens is 508 g/mol. The molecule has 3 N–H and O–H groups in total. The molecule has 0 atom stereocenters. The monoisotopic (exact) mass is 534 g/mol. The van der Waals surface area contributed by atoms with E-state index in [1.807, 2.05) is 18.2 Å². The maximum absolute atomic E-state index is 11.9. The fourth-order valence-corrected chi connectivity index (χ4v) is 4.70. The first-order chi connectivity index (χ1) is 18.5. The zero-order valence-electron chi connectivity index (χ0n) is 20.6. The van der Waals surface area contributed by atoms with Gasteiger partial charge >= 0.3 is 12.1 Å². The van der Waals surface area contributed by atoms with Crippen LogP contribution in [0.5, 0.6) is 11.5 Å². The minimum absolute atomic E-state index is 0.228. The lowest BCUT2D eigenvalue weighted by molar-refractivity contribution is 0.115. The Morgan fingerprint density at radius 3 is 2.68 bits per heavy atom. The summed E-state index contributed by atoms with van der Waals surface area (Å²) in [5, 5.41) is 15.0. The molecule has 1 fully saturated rings. The summed E-state index contributed by atoms with van der Waals surface area (Å²) in [6.07, 6.45) is 5.94. The maximum Gasteiger partial charge on any atom is 0.407 e. The first kappa shape index (κ1) is 25.4. The van der Waals surface area contributed by atoms with Crippen molar-refractivity contribution in [3.8, 4) is 22.1 Å². The zero-order chi connectivity index (χ0) is 26.5. The van der Waals surface area contributed by atoms with Crippen LogP contribution < -0.4 is 15.4 Å². The Bertz CT molecular complexity index is 1420. The predicted octanol–water partition coefficient (Wildman–Crippen LogP) is 4.96. The van der Waals surface area contributed by atoms with Crippen LogP contribution in [0.15, 0.2) is 55.0 Å². The molecule has 1 saturated carbocycles. The van der Waals surface area contributed by atoms with E-state index in [1.165, 1.54) is 23.3 Å². The maximum atomic E-state index is 11.9. The van der Waals surface area contributed by atoms with E-state index >= 15 is 0 Å². The van der Waals surface area contributed by atoms with Gasteiger partial charge in [-0.2, -0.15) is 0 Å². The van der Waals surface area contributed by atoms with E-state index in [-0.39, 0.29) is 25.2 Å². The molecule has 196 valence electrons. The second-order valence-corrected chi connectivity index (χ2v) is 9.79. The standard InChI is InChI=1S/C26H26N6O5S/c1-36-11-10-32(26(34)35)15-16-2-6-19(28-13-16)22-12-20-24(38-22)21(8-9-27-20)37-18-5-7-23(29-14-18)31-25(33)30-17-3-4-17/h2,5-9,12-14,17H,3-4,10-11,15H2,1H3,(H,34,35)(H2,29,30,31,33). The van der Waals surface area contributed by atoms with Crippen LogP contribution in [0, 0.1) is 0 Å². The van der Waals surface area contributed by atoms with E-state index in [9.17, 15) is 14.7 Å². The number of fused-ring (bicyclic) bond motifs is 1. The molecular formula is C26H26N6O5S. The number of thiophene rings is 1. The summed E-state index contributed by atoms with van der Waals surface area (Å²) in [5.74, 6) is 1.60. The van der Waals surface area contributed by atoms with Crippen molar-refractivity contribution in [3.63, 3.8) is 0 Å². The molecule has 0 aromatic carbocycles. The van der Waals surface area contributed by atoms with Gasteiger partial charge in [0.1, 0.15) is 17.3 Å². The number of methoxy groups -OCH3 is 1. The molecule has 4 aromatic rings. The molecule has 0 radical (unpaired) electrons. The lowest BCUT2D eigenvalue weighted by Gasteiger charge is -2.18. The van der Waals surface area contributed by atoms with Crippen LogP contribution in [-0.2, 0) is 11.3 Å². The average molecular weight is 535 g/mol. The van der Waals surface area contributed by atoms with Gasteiger partial charge in [-0.3, -0.25) is 15.3 Å². The van der Waals surface area contributed by atoms with Crippen molar-refractivity contribution in [2.45, 2.75) is 25.4 Å². The number of carbonyl (C=O) groups is 2. The van der Waals surface area contributed by atoms with Gasteiger partial charge < -0.3 is 24.8 Å². The van der Waals surface area contributed by atoms with Crippen LogP contribution in [-0.4, -0.2) is 63.4 Å². The van der Waals surface area contributed by atoms with Crippen LogP contribution >= 0.6 is 11.3 Å². The lowest BCUT2D eigenvalue weighted by Crippen LogP contribution is -2.32. The number of hydrogen-bond donors (Lipinski definition) is 3. The Hall–Kier alpha value is -4.29. The second-order valence-electron chi connectivity index (χ2n) is 8.74. The highest BCUT2D eigenvalue weighted by molar-refractivity contribution is 7.22. The topological polar surface area (TPSA) is 139 Å². The van der Waals surface area contributed by atoms with E-state index in [0.29, 0.717) is 23.9 Å². The van der Waals surface area contributed by atoms with Crippen LogP contribution in [0.3, 0.4) is 0 Å². The summed E-state index contributed by atoms with van der Waals surface area (Å²) < 4.78 is 11.9. The highest BCUT2D eigenvalue weighted by Crippen LogP contribution is 2.38. The molecule has 5 rings (SSSR count). The van der Waals surface area contributed by atoms with Crippen LogP contribution in [0.4, 0.5) is 15.4 Å². The highest BCUT2D eigenvalue weighted by atomic mass is 32.1. The molecule has 0 spiro atoms. The predicted molar refractivity (Wildman–Crippen MR) is 143 cm³/mol. The third-order valence-electron chi connectivity index (χ3n) is 5.78. The second kappa shape index (κ2) is 11.4. The van der Waals surface area contributed by atoms with Gasteiger partial charge in [0.2, 0.25) is 0 Å². The molecule has 4 heterocycles. The van der Waals surface area contributed by atoms with Gasteiger partial charge in [-0.05, 0) is 42.7 Å². The number of urea groups is 1. The number of hydrogen-bond acceptors (Lipinski definition) is 8. The number of nitrogens with zero attached hydrogens (tertiary/aromatic N) is 4. The Morgan fingerprint density at radius 1 is 1.13 bits per heavy atom. The van der Waals surface area contributed by atoms with E-state index in [0.717, 1.165) is 39.2 Å². The third kappa shape index (κ3) is 6.33. The normalized spacial score (nSPS) is 12.8. The van der Waals surface area contributed by atoms with Crippen LogP contribution in [0.25, 0.3) is 20.8 Å². The zero-order valence-corrected chi connectivity index (χ0v) is 21.4. The fourth-order valence-electron chi connectivity index (χ4n) is 3.66. The molecule has 38 heavy (non-hydrogen) atoms. The Labute approximate surface area is 222 Å². The quantitative estimate of drug-likeness (QED) is 0.260. The molecule has 1 aliphatic rings. The summed E-state index contributed by atoms with van der Waals surface area (Å²) in [6.45, 7) is 0.833. The highest BCUT2D eigenvalue weighted by Gasteiger charge is 2.23. The molecule has 0 unspecified atom stereocenters. The largest absolute Gasteiger partial charge is 0.465 e. The molecule has 0 aliphatic heterocycles. The number of aromatic nitrogens is 3. The van der Waals surface area contributed by atoms with Gasteiger partial charge in [0.15, 0.2) is 0 Å². The number of carboxylic acid groups (broad SMARTS) is 1. The Morgan fingerprint density at radius 2 is 2.00 bits per heavy atom. The number of carbonyl (C=O) groups excluding carboxylic acids is 1. The van der Waals surface area contributed by atoms with Crippen molar-refractivity contribution in [1.82, 2.24) is 25.2 Å². The van der Waals surface area contributed by atoms with Crippen molar-refractivity contribution < 1.29 is 24.2 Å². The number of rotatable bonds is 10. The first-order valence-electron chi connectivity index (χ1n) is 12.0. The van der Waals surface area contributed by atoms with Crippen molar-refractivity contribution in [2.75, 3.05) is 25.6 Å². The van der Waals surface area contributed by atoms with Crippen LogP contribution in [0.2, 0.25) is 0 Å². The van der Waals surface area contributed by atoms with Crippen LogP contribution in [0.1, 0.15) is 18.4 Å². The minimum atomic E-state index is -1.01. The van der Waals surface area contributed by atoms with Crippen molar-refractivity contribution in [1.29, 1.82) is 0 Å². The van der Waals surface area contributed by atoms with Crippen molar-refractivity contribution in [2.24, 2.45) is 0 Å². The first-order valence-corrected chi connectivity index (χ1v) is 12.8. The number of ether oxygens (including phenoxy) is 2. The molecule has 11 nitrogen and oxygen atoms in total. The molecule has 12 heteroatoms. The van der Waals surface area contributed by atoms with Gasteiger partial charge in [-0.1, -0.05) is 6.07 Å². The van der Waals surface area contributed by atoms with Gasteiger partial charge in [-0.25, -0.2) is 14.6 Å². The van der Waals surface area contributed by atoms with Gasteiger partial charge in [0.25, 0.3) is 0 Å². The summed E-state index contributed by atoms with van der Waals surface area (Å²) in [5.41, 5.74) is 2.31. The summed E-state index contributed by atoms with van der Waals surface area (Å²) in [6, 6.07) is 10.9. The molecule has 1 aliphatic carbocycles. The summed E-state index contributed by atoms with van der Waals surface area (Å²) in [4.78, 5) is 38.8. The molecule has 0 bridgehead atoms. The minimum Gasteiger partial charge on any atom is -0.465 e. The lowest BCUT2D eigenvalue weighted by atomic mass is 10.2. The Kier molecular flexibility index (Phi) is 7.61. The molecule has 3 amide bonds. The molecule has 4 aromatic heterocycles. The average Bonchev–Trinajstić information content (AvgIpc) is 3.61. The fraction of sp³-hybridized carbons (Fsp3) is 0.269. The van der Waals surface area contributed by atoms with E-state index < -0.39 is 6.09 Å². The van der Waals surface area contributed by atoms with Crippen molar-refractivity contribution in [3.05, 3.63) is 60.6 Å². The summed E-state index contributed by atoms with van der Waals surface area (Å²) >= 11 is 1.50. The van der Waals surface area contributed by atoms with E-state index in [1.54, 1.807) is 36.8 Å². The third-order valence-corrected chi connectivity index (χ3v) is 6.94. The summed E-state index contributed by atoms with van der Waals surface area (Å²) in [7, 11) is 1.54. The van der Waals surface area contributed by atoms with Gasteiger partial charge in [-0.15, -0.1) is 11.3 Å². The van der Waals surface area contributed by atoms with E-state index in [4.69, 9.17) is 9.47 Å². The van der Waals surface area contributed by atoms with Gasteiger partial charge in [0.05, 0.1) is 40.1 Å². The number of nitrogens with one attached hydrogen (secondary N) is 2. The number of pyridine rings is 3.